The zero-order chi connectivity index (χ0) is 24.2. The van der Waals surface area contributed by atoms with Crippen molar-refractivity contribution in [3.8, 4) is 11.3 Å². The van der Waals surface area contributed by atoms with Crippen molar-refractivity contribution in [2.75, 3.05) is 30.7 Å². The Morgan fingerprint density at radius 2 is 2.09 bits per heavy atom. The number of nitrogens with one attached hydrogen (secondary N) is 2. The molecule has 13 heteroatoms. The van der Waals surface area contributed by atoms with Gasteiger partial charge >= 0.3 is 0 Å². The molecule has 5 aromatic rings. The summed E-state index contributed by atoms with van der Waals surface area (Å²) in [6.45, 7) is 2.54. The first-order valence-corrected chi connectivity index (χ1v) is 13.6. The summed E-state index contributed by atoms with van der Waals surface area (Å²) in [7, 11) is -3.26. The lowest BCUT2D eigenvalue weighted by Crippen LogP contribution is -2.67. The highest BCUT2D eigenvalue weighted by Gasteiger charge is 2.48. The Balaban J connectivity index is 1.34. The summed E-state index contributed by atoms with van der Waals surface area (Å²) in [5, 5.41) is 17.8. The molecule has 35 heavy (non-hydrogen) atoms. The molecule has 6 rings (SSSR count). The van der Waals surface area contributed by atoms with E-state index in [-0.39, 0.29) is 12.3 Å². The number of nitrogens with two attached hydrogens (primary N) is 1. The van der Waals surface area contributed by atoms with E-state index >= 15 is 0 Å². The maximum atomic E-state index is 12.2. The highest BCUT2D eigenvalue weighted by molar-refractivity contribution is 7.89. The van der Waals surface area contributed by atoms with Crippen LogP contribution in [0.5, 0.6) is 0 Å². The molecule has 4 aromatic heterocycles. The monoisotopic (exact) mass is 509 g/mol. The van der Waals surface area contributed by atoms with Crippen LogP contribution in [0.4, 0.5) is 11.6 Å². The number of anilines is 2. The smallest absolute Gasteiger partial charge is 0.228 e. The number of aromatic amines is 1. The predicted molar refractivity (Wildman–Crippen MR) is 136 cm³/mol. The third-order valence-corrected chi connectivity index (χ3v) is 9.11. The van der Waals surface area contributed by atoms with Crippen molar-refractivity contribution >= 4 is 54.1 Å². The predicted octanol–water partition coefficient (Wildman–Crippen LogP) is 2.49. The molecule has 0 unspecified atom stereocenters. The summed E-state index contributed by atoms with van der Waals surface area (Å²) >= 11 is 1.56. The Kier molecular flexibility index (Phi) is 5.11. The van der Waals surface area contributed by atoms with E-state index in [9.17, 15) is 8.42 Å². The number of fused-ring (bicyclic) bond motifs is 2. The molecular weight excluding hydrogens is 486 g/mol. The normalized spacial score (nSPS) is 16.1. The highest BCUT2D eigenvalue weighted by atomic mass is 32.2. The molecule has 1 fully saturated rings. The van der Waals surface area contributed by atoms with Crippen molar-refractivity contribution in [1.29, 1.82) is 0 Å². The van der Waals surface area contributed by atoms with Crippen molar-refractivity contribution in [3.63, 3.8) is 0 Å². The summed E-state index contributed by atoms with van der Waals surface area (Å²) in [4.78, 5) is 9.49. The number of hydrogen-bond donors (Lipinski definition) is 3. The molecule has 0 bridgehead atoms. The number of H-pyrrole nitrogens is 1. The minimum absolute atomic E-state index is 0.0681. The van der Waals surface area contributed by atoms with Crippen molar-refractivity contribution in [2.45, 2.75) is 12.5 Å². The van der Waals surface area contributed by atoms with Crippen LogP contribution in [0.1, 0.15) is 6.92 Å². The van der Waals surface area contributed by atoms with Crippen LogP contribution < -0.4 is 11.1 Å². The maximum absolute atomic E-state index is 12.2. The van der Waals surface area contributed by atoms with E-state index in [1.165, 1.54) is 4.31 Å². The van der Waals surface area contributed by atoms with E-state index in [4.69, 9.17) is 10.7 Å². The van der Waals surface area contributed by atoms with Gasteiger partial charge in [0.1, 0.15) is 5.54 Å². The molecule has 0 radical (unpaired) electrons. The molecule has 0 atom stereocenters. The Labute approximate surface area is 205 Å². The summed E-state index contributed by atoms with van der Waals surface area (Å²) in [6, 6.07) is 7.83. The van der Waals surface area contributed by atoms with Gasteiger partial charge in [-0.15, -0.1) is 11.3 Å². The quantitative estimate of drug-likeness (QED) is 0.303. The van der Waals surface area contributed by atoms with E-state index in [2.05, 4.69) is 25.6 Å². The minimum atomic E-state index is -3.26. The second-order valence-corrected chi connectivity index (χ2v) is 11.8. The first kappa shape index (κ1) is 22.1. The second kappa shape index (κ2) is 8.09. The van der Waals surface area contributed by atoms with Crippen molar-refractivity contribution in [2.24, 2.45) is 5.73 Å². The van der Waals surface area contributed by atoms with Crippen LogP contribution in [0.2, 0.25) is 0 Å². The van der Waals surface area contributed by atoms with Crippen LogP contribution in [0.25, 0.3) is 32.4 Å². The minimum Gasteiger partial charge on any atom is -0.328 e. The number of aromatic nitrogens is 6. The number of thiophene rings is 1. The Morgan fingerprint density at radius 3 is 2.89 bits per heavy atom. The molecule has 0 saturated carbocycles. The van der Waals surface area contributed by atoms with Gasteiger partial charge in [-0.2, -0.15) is 14.5 Å². The lowest BCUT2D eigenvalue weighted by molar-refractivity contribution is 0.0759. The van der Waals surface area contributed by atoms with Crippen LogP contribution in [-0.4, -0.2) is 68.1 Å². The van der Waals surface area contributed by atoms with Gasteiger partial charge < -0.3 is 11.1 Å². The summed E-state index contributed by atoms with van der Waals surface area (Å²) in [5.41, 5.74) is 9.73. The Morgan fingerprint density at radius 1 is 1.23 bits per heavy atom. The molecule has 0 aliphatic carbocycles. The molecule has 0 amide bonds. The third-order valence-electron chi connectivity index (χ3n) is 6.42. The summed E-state index contributed by atoms with van der Waals surface area (Å²) < 4.78 is 28.7. The molecule has 4 N–H and O–H groups in total. The molecule has 1 aliphatic heterocycles. The molecule has 1 aromatic carbocycles. The lowest BCUT2D eigenvalue weighted by atomic mass is 9.93. The number of rotatable bonds is 7. The largest absolute Gasteiger partial charge is 0.328 e. The molecule has 0 spiro atoms. The highest BCUT2D eigenvalue weighted by Crippen LogP contribution is 2.35. The van der Waals surface area contributed by atoms with Crippen LogP contribution >= 0.6 is 11.3 Å². The maximum Gasteiger partial charge on any atom is 0.228 e. The SMILES string of the molecule is CCS(=O)(=O)N1CC(CN)(n2cc(-c3nc(Nc4ccc5[nH]ncc5c4)nc4ccsc34)cn2)C1. The number of benzene rings is 1. The number of hydrogen-bond acceptors (Lipinski definition) is 9. The summed E-state index contributed by atoms with van der Waals surface area (Å²) in [5.74, 6) is 0.539. The molecular formula is C22H23N9O2S2. The van der Waals surface area contributed by atoms with Crippen LogP contribution in [0.15, 0.2) is 48.2 Å². The number of sulfonamides is 1. The first-order chi connectivity index (χ1) is 16.9. The van der Waals surface area contributed by atoms with Crippen LogP contribution in [0, 0.1) is 0 Å². The van der Waals surface area contributed by atoms with Gasteiger partial charge in [-0.1, -0.05) is 0 Å². The van der Waals surface area contributed by atoms with Gasteiger partial charge in [0, 0.05) is 42.5 Å². The van der Waals surface area contributed by atoms with E-state index in [0.717, 1.165) is 38.1 Å². The van der Waals surface area contributed by atoms with Gasteiger partial charge in [0.2, 0.25) is 16.0 Å². The van der Waals surface area contributed by atoms with E-state index in [1.54, 1.807) is 35.3 Å². The summed E-state index contributed by atoms with van der Waals surface area (Å²) in [6.07, 6.45) is 5.41. The average molecular weight is 510 g/mol. The average Bonchev–Trinajstić information content (AvgIpc) is 3.58. The second-order valence-electron chi connectivity index (χ2n) is 8.60. The molecule has 1 aliphatic rings. The Hall–Kier alpha value is -3.39. The van der Waals surface area contributed by atoms with E-state index in [0.29, 0.717) is 19.0 Å². The zero-order valence-corrected chi connectivity index (χ0v) is 20.5. The van der Waals surface area contributed by atoms with Gasteiger partial charge in [0.05, 0.1) is 39.6 Å². The Bertz CT molecular complexity index is 1650. The van der Waals surface area contributed by atoms with Crippen molar-refractivity contribution in [3.05, 3.63) is 48.2 Å². The van der Waals surface area contributed by atoms with Crippen molar-refractivity contribution < 1.29 is 8.42 Å². The fraction of sp³-hybridized carbons (Fsp3) is 0.273. The first-order valence-electron chi connectivity index (χ1n) is 11.1. The van der Waals surface area contributed by atoms with Gasteiger partial charge in [0.25, 0.3) is 0 Å². The van der Waals surface area contributed by atoms with Crippen molar-refractivity contribution in [1.82, 2.24) is 34.3 Å². The van der Waals surface area contributed by atoms with Crippen LogP contribution in [-0.2, 0) is 15.6 Å². The fourth-order valence-electron chi connectivity index (χ4n) is 4.33. The molecule has 5 heterocycles. The lowest BCUT2D eigenvalue weighted by Gasteiger charge is -2.48. The topological polar surface area (TPSA) is 148 Å². The third kappa shape index (κ3) is 3.67. The molecule has 1 saturated heterocycles. The van der Waals surface area contributed by atoms with E-state index in [1.807, 2.05) is 35.8 Å². The molecule has 180 valence electrons. The zero-order valence-electron chi connectivity index (χ0n) is 18.8. The molecule has 11 nitrogen and oxygen atoms in total. The standard InChI is InChI=1S/C22H23N9O2S2/c1-2-35(32,33)30-12-22(11-23,13-30)31-10-15(9-25-31)19-20-18(5-6-34-20)27-21(28-19)26-16-3-4-17-14(7-16)8-24-29-17/h3-10H,2,11-13,23H2,1H3,(H,24,29)(H,26,27,28). The van der Waals surface area contributed by atoms with Gasteiger partial charge in [-0.3, -0.25) is 9.78 Å². The van der Waals surface area contributed by atoms with Gasteiger partial charge in [-0.05, 0) is 36.6 Å². The van der Waals surface area contributed by atoms with E-state index < -0.39 is 15.6 Å². The van der Waals surface area contributed by atoms with Gasteiger partial charge in [0.15, 0.2) is 0 Å². The van der Waals surface area contributed by atoms with Crippen LogP contribution in [0.3, 0.4) is 0 Å². The van der Waals surface area contributed by atoms with Gasteiger partial charge in [-0.25, -0.2) is 18.4 Å². The fourth-order valence-corrected chi connectivity index (χ4v) is 6.41. The number of nitrogens with zero attached hydrogens (tertiary/aromatic N) is 6.